The van der Waals surface area contributed by atoms with Gasteiger partial charge >= 0.3 is 0 Å². The Kier molecular flexibility index (Phi) is 3.50. The van der Waals surface area contributed by atoms with E-state index in [1.807, 2.05) is 0 Å². The monoisotopic (exact) mass is 260 g/mol. The minimum atomic E-state index is -0.346. The molecule has 0 aromatic carbocycles. The van der Waals surface area contributed by atoms with Crippen molar-refractivity contribution in [3.63, 3.8) is 0 Å². The maximum Gasteiger partial charge on any atom is 0.261 e. The zero-order valence-electron chi connectivity index (χ0n) is 11.2. The minimum absolute atomic E-state index is 0.191. The fourth-order valence-electron chi connectivity index (χ4n) is 2.02. The molecule has 2 aromatic heterocycles. The molecule has 6 nitrogen and oxygen atoms in total. The van der Waals surface area contributed by atoms with Gasteiger partial charge in [0.25, 0.3) is 11.5 Å². The minimum Gasteiger partial charge on any atom is -0.337 e. The first-order valence-electron chi connectivity index (χ1n) is 5.92. The van der Waals surface area contributed by atoms with Gasteiger partial charge in [-0.3, -0.25) is 14.7 Å². The maximum absolute atomic E-state index is 12.3. The smallest absolute Gasteiger partial charge is 0.261 e. The van der Waals surface area contributed by atoms with Crippen LogP contribution in [0.25, 0.3) is 0 Å². The average molecular weight is 260 g/mol. The Morgan fingerprint density at radius 2 is 2.16 bits per heavy atom. The third kappa shape index (κ3) is 2.73. The van der Waals surface area contributed by atoms with Crippen LogP contribution in [0.4, 0.5) is 0 Å². The van der Waals surface area contributed by atoms with Crippen molar-refractivity contribution >= 4 is 5.91 Å². The molecule has 19 heavy (non-hydrogen) atoms. The SMILES string of the molecule is Cc1cc(C)c(C(=O)N(C)Cc2cn[nH]c2)c(=O)[nH]1. The van der Waals surface area contributed by atoms with Crippen LogP contribution in [0.1, 0.15) is 27.2 Å². The van der Waals surface area contributed by atoms with Crippen LogP contribution in [-0.2, 0) is 6.54 Å². The lowest BCUT2D eigenvalue weighted by atomic mass is 10.1. The number of amides is 1. The van der Waals surface area contributed by atoms with E-state index in [0.29, 0.717) is 12.1 Å². The van der Waals surface area contributed by atoms with Gasteiger partial charge in [-0.15, -0.1) is 0 Å². The second kappa shape index (κ2) is 5.09. The first-order valence-corrected chi connectivity index (χ1v) is 5.92. The second-order valence-electron chi connectivity index (χ2n) is 4.61. The highest BCUT2D eigenvalue weighted by Crippen LogP contribution is 2.08. The molecule has 0 aliphatic rings. The topological polar surface area (TPSA) is 81.8 Å². The molecular weight excluding hydrogens is 244 g/mol. The van der Waals surface area contributed by atoms with Crippen molar-refractivity contribution in [2.45, 2.75) is 20.4 Å². The normalized spacial score (nSPS) is 10.5. The summed E-state index contributed by atoms with van der Waals surface area (Å²) in [6.45, 7) is 3.96. The van der Waals surface area contributed by atoms with Crippen molar-refractivity contribution in [1.82, 2.24) is 20.1 Å². The summed E-state index contributed by atoms with van der Waals surface area (Å²) < 4.78 is 0. The lowest BCUT2D eigenvalue weighted by molar-refractivity contribution is 0.0782. The number of aromatic amines is 2. The van der Waals surface area contributed by atoms with Gasteiger partial charge in [-0.1, -0.05) is 0 Å². The Morgan fingerprint density at radius 1 is 1.42 bits per heavy atom. The Morgan fingerprint density at radius 3 is 2.74 bits per heavy atom. The molecule has 1 amide bonds. The molecule has 0 unspecified atom stereocenters. The molecule has 0 spiro atoms. The molecule has 0 atom stereocenters. The summed E-state index contributed by atoms with van der Waals surface area (Å²) in [4.78, 5) is 28.3. The van der Waals surface area contributed by atoms with Crippen LogP contribution in [0.15, 0.2) is 23.3 Å². The van der Waals surface area contributed by atoms with E-state index in [4.69, 9.17) is 0 Å². The van der Waals surface area contributed by atoms with Crippen molar-refractivity contribution in [3.05, 3.63) is 51.2 Å². The van der Waals surface area contributed by atoms with E-state index in [1.165, 1.54) is 4.90 Å². The standard InChI is InChI=1S/C13H16N4O2/c1-8-4-9(2)16-12(18)11(8)13(19)17(3)7-10-5-14-15-6-10/h4-6H,7H2,1-3H3,(H,14,15)(H,16,18). The number of carbonyl (C=O) groups is 1. The van der Waals surface area contributed by atoms with Gasteiger partial charge in [0.2, 0.25) is 0 Å². The zero-order valence-corrected chi connectivity index (χ0v) is 11.2. The Labute approximate surface area is 110 Å². The first-order chi connectivity index (χ1) is 8.99. The summed E-state index contributed by atoms with van der Waals surface area (Å²) in [7, 11) is 1.66. The molecule has 2 heterocycles. The quantitative estimate of drug-likeness (QED) is 0.863. The van der Waals surface area contributed by atoms with Crippen molar-refractivity contribution in [1.29, 1.82) is 0 Å². The molecule has 0 saturated heterocycles. The van der Waals surface area contributed by atoms with Crippen molar-refractivity contribution in [2.24, 2.45) is 0 Å². The van der Waals surface area contributed by atoms with E-state index < -0.39 is 0 Å². The highest BCUT2D eigenvalue weighted by molar-refractivity contribution is 5.95. The van der Waals surface area contributed by atoms with Gasteiger partial charge in [0, 0.05) is 31.0 Å². The van der Waals surface area contributed by atoms with E-state index >= 15 is 0 Å². The summed E-state index contributed by atoms with van der Waals surface area (Å²) in [5.74, 6) is -0.292. The Bertz CT molecular complexity index is 643. The van der Waals surface area contributed by atoms with Crippen LogP contribution in [0, 0.1) is 13.8 Å². The molecule has 0 fully saturated rings. The summed E-state index contributed by atoms with van der Waals surface area (Å²) in [6.07, 6.45) is 3.37. The van der Waals surface area contributed by atoms with Crippen LogP contribution in [-0.4, -0.2) is 33.0 Å². The molecule has 2 aromatic rings. The van der Waals surface area contributed by atoms with Crippen LogP contribution < -0.4 is 5.56 Å². The number of nitrogens with zero attached hydrogens (tertiary/aromatic N) is 2. The fourth-order valence-corrected chi connectivity index (χ4v) is 2.02. The van der Waals surface area contributed by atoms with Gasteiger partial charge < -0.3 is 9.88 Å². The van der Waals surface area contributed by atoms with Crippen LogP contribution in [0.5, 0.6) is 0 Å². The molecule has 0 bridgehead atoms. The summed E-state index contributed by atoms with van der Waals surface area (Å²) in [6, 6.07) is 1.79. The summed E-state index contributed by atoms with van der Waals surface area (Å²) in [5, 5.41) is 6.51. The molecule has 100 valence electrons. The van der Waals surface area contributed by atoms with Gasteiger partial charge in [0.1, 0.15) is 5.56 Å². The number of nitrogens with one attached hydrogen (secondary N) is 2. The number of aromatic nitrogens is 3. The Balaban J connectivity index is 2.27. The van der Waals surface area contributed by atoms with Crippen molar-refractivity contribution in [2.75, 3.05) is 7.05 Å². The van der Waals surface area contributed by atoms with Crippen molar-refractivity contribution in [3.8, 4) is 0 Å². The van der Waals surface area contributed by atoms with E-state index in [9.17, 15) is 9.59 Å². The lowest BCUT2D eigenvalue weighted by Crippen LogP contribution is -2.32. The van der Waals surface area contributed by atoms with E-state index in [0.717, 1.165) is 11.3 Å². The number of carbonyl (C=O) groups excluding carboxylic acids is 1. The van der Waals surface area contributed by atoms with Gasteiger partial charge in [0.15, 0.2) is 0 Å². The number of rotatable bonds is 3. The summed E-state index contributed by atoms with van der Waals surface area (Å²) in [5.41, 5.74) is 2.16. The molecule has 0 aliphatic heterocycles. The maximum atomic E-state index is 12.3. The average Bonchev–Trinajstić information content (AvgIpc) is 2.80. The number of H-pyrrole nitrogens is 2. The van der Waals surface area contributed by atoms with E-state index in [1.54, 1.807) is 39.4 Å². The highest BCUT2D eigenvalue weighted by Gasteiger charge is 2.18. The van der Waals surface area contributed by atoms with Crippen LogP contribution in [0.3, 0.4) is 0 Å². The van der Waals surface area contributed by atoms with E-state index in [-0.39, 0.29) is 17.0 Å². The number of aryl methyl sites for hydroxylation is 2. The third-order valence-corrected chi connectivity index (χ3v) is 2.90. The van der Waals surface area contributed by atoms with Gasteiger partial charge in [0.05, 0.1) is 6.20 Å². The van der Waals surface area contributed by atoms with Gasteiger partial charge in [-0.05, 0) is 25.5 Å². The molecule has 0 aliphatic carbocycles. The zero-order chi connectivity index (χ0) is 14.0. The molecule has 2 rings (SSSR count). The molecule has 0 radical (unpaired) electrons. The number of pyridine rings is 1. The lowest BCUT2D eigenvalue weighted by Gasteiger charge is -2.17. The largest absolute Gasteiger partial charge is 0.337 e. The molecule has 2 N–H and O–H groups in total. The fraction of sp³-hybridized carbons (Fsp3) is 0.308. The molecule has 0 saturated carbocycles. The highest BCUT2D eigenvalue weighted by atomic mass is 16.2. The van der Waals surface area contributed by atoms with Crippen LogP contribution >= 0.6 is 0 Å². The van der Waals surface area contributed by atoms with E-state index in [2.05, 4.69) is 15.2 Å². The summed E-state index contributed by atoms with van der Waals surface area (Å²) >= 11 is 0. The molecule has 6 heteroatoms. The Hall–Kier alpha value is -2.37. The van der Waals surface area contributed by atoms with Gasteiger partial charge in [-0.25, -0.2) is 0 Å². The second-order valence-corrected chi connectivity index (χ2v) is 4.61. The predicted molar refractivity (Wildman–Crippen MR) is 70.9 cm³/mol. The van der Waals surface area contributed by atoms with Gasteiger partial charge in [-0.2, -0.15) is 5.10 Å². The predicted octanol–water partition coefficient (Wildman–Crippen LogP) is 0.987. The first kappa shape index (κ1) is 13.1. The van der Waals surface area contributed by atoms with Crippen LogP contribution in [0.2, 0.25) is 0 Å². The number of hydrogen-bond donors (Lipinski definition) is 2. The number of hydrogen-bond acceptors (Lipinski definition) is 3. The van der Waals surface area contributed by atoms with Crippen molar-refractivity contribution < 1.29 is 4.79 Å². The molecular formula is C13H16N4O2. The third-order valence-electron chi connectivity index (χ3n) is 2.90.